The van der Waals surface area contributed by atoms with E-state index in [1.54, 1.807) is 0 Å². The van der Waals surface area contributed by atoms with Crippen LogP contribution in [0, 0.1) is 0 Å². The van der Waals surface area contributed by atoms with E-state index in [1.807, 2.05) is 0 Å². The first-order chi connectivity index (χ1) is 23.5. The molecule has 8 aromatic carbocycles. The highest BCUT2D eigenvalue weighted by molar-refractivity contribution is 6.10. The van der Waals surface area contributed by atoms with Gasteiger partial charge in [-0.2, -0.15) is 0 Å². The van der Waals surface area contributed by atoms with Crippen molar-refractivity contribution in [3.05, 3.63) is 169 Å². The molecule has 0 unspecified atom stereocenters. The maximum atomic E-state index is 6.51. The molecular weight excluding hydrogens is 581 g/mol. The zero-order chi connectivity index (χ0) is 32.0. The summed E-state index contributed by atoms with van der Waals surface area (Å²) in [5, 5.41) is 4.99. The number of benzene rings is 8. The van der Waals surface area contributed by atoms with E-state index in [-0.39, 0.29) is 5.41 Å². The summed E-state index contributed by atoms with van der Waals surface area (Å²) in [5.41, 5.74) is 15.1. The Morgan fingerprint density at radius 1 is 0.375 bits per heavy atom. The molecule has 0 amide bonds. The van der Waals surface area contributed by atoms with Crippen LogP contribution in [0.4, 0.5) is 0 Å². The van der Waals surface area contributed by atoms with Crippen molar-refractivity contribution in [3.8, 4) is 67.1 Å². The first-order valence-electron chi connectivity index (χ1n) is 16.8. The second kappa shape index (κ2) is 10.0. The van der Waals surface area contributed by atoms with Crippen molar-refractivity contribution >= 4 is 21.5 Å². The lowest BCUT2D eigenvalue weighted by atomic mass is 9.81. The topological polar surface area (TPSA) is 9.23 Å². The van der Waals surface area contributed by atoms with Gasteiger partial charge in [-0.05, 0) is 114 Å². The molecule has 0 aromatic heterocycles. The third-order valence-electron chi connectivity index (χ3n) is 10.7. The first kappa shape index (κ1) is 27.2. The quantitative estimate of drug-likeness (QED) is 0.193. The molecule has 1 heteroatoms. The maximum absolute atomic E-state index is 6.51. The number of hydrogen-bond donors (Lipinski definition) is 0. The second-order valence-corrected chi connectivity index (χ2v) is 13.7. The van der Waals surface area contributed by atoms with Gasteiger partial charge >= 0.3 is 0 Å². The lowest BCUT2D eigenvalue weighted by Crippen LogP contribution is -2.15. The van der Waals surface area contributed by atoms with Crippen molar-refractivity contribution in [2.75, 3.05) is 0 Å². The Morgan fingerprint density at radius 3 is 1.79 bits per heavy atom. The van der Waals surface area contributed by atoms with Gasteiger partial charge in [0.05, 0.1) is 0 Å². The number of fused-ring (bicyclic) bond motifs is 6. The molecule has 1 aliphatic heterocycles. The molecule has 0 saturated carbocycles. The van der Waals surface area contributed by atoms with Crippen molar-refractivity contribution in [1.29, 1.82) is 0 Å². The van der Waals surface area contributed by atoms with E-state index in [0.717, 1.165) is 17.1 Å². The highest BCUT2D eigenvalue weighted by Gasteiger charge is 2.36. The molecule has 48 heavy (non-hydrogen) atoms. The van der Waals surface area contributed by atoms with Crippen LogP contribution < -0.4 is 4.74 Å². The molecule has 1 aliphatic carbocycles. The van der Waals surface area contributed by atoms with E-state index >= 15 is 0 Å². The van der Waals surface area contributed by atoms with Crippen LogP contribution in [0.2, 0.25) is 0 Å². The van der Waals surface area contributed by atoms with Crippen molar-refractivity contribution in [3.63, 3.8) is 0 Å². The highest BCUT2D eigenvalue weighted by atomic mass is 16.5. The molecule has 8 aromatic rings. The Morgan fingerprint density at radius 2 is 1.00 bits per heavy atom. The van der Waals surface area contributed by atoms with Gasteiger partial charge in [-0.15, -0.1) is 0 Å². The summed E-state index contributed by atoms with van der Waals surface area (Å²) in [4.78, 5) is 0. The molecule has 0 bridgehead atoms. The average Bonchev–Trinajstić information content (AvgIpc) is 3.36. The molecule has 1 heterocycles. The van der Waals surface area contributed by atoms with Crippen LogP contribution in [0.25, 0.3) is 77.2 Å². The van der Waals surface area contributed by atoms with Crippen LogP contribution in [0.5, 0.6) is 11.5 Å². The van der Waals surface area contributed by atoms with E-state index in [2.05, 4.69) is 172 Å². The number of rotatable bonds is 3. The van der Waals surface area contributed by atoms with Crippen LogP contribution in [-0.2, 0) is 5.41 Å². The van der Waals surface area contributed by atoms with Crippen LogP contribution in [0.3, 0.4) is 0 Å². The van der Waals surface area contributed by atoms with E-state index in [9.17, 15) is 0 Å². The summed E-state index contributed by atoms with van der Waals surface area (Å²) in [6.45, 7) is 4.72. The van der Waals surface area contributed by atoms with Gasteiger partial charge in [0.1, 0.15) is 11.5 Å². The maximum Gasteiger partial charge on any atom is 0.135 e. The van der Waals surface area contributed by atoms with Gasteiger partial charge in [-0.1, -0.05) is 135 Å². The number of hydrogen-bond acceptors (Lipinski definition) is 1. The Kier molecular flexibility index (Phi) is 5.69. The molecule has 0 N–H and O–H groups in total. The third-order valence-corrected chi connectivity index (χ3v) is 10.7. The van der Waals surface area contributed by atoms with Crippen molar-refractivity contribution < 1.29 is 4.74 Å². The molecule has 0 radical (unpaired) electrons. The predicted molar refractivity (Wildman–Crippen MR) is 201 cm³/mol. The van der Waals surface area contributed by atoms with E-state index in [1.165, 1.54) is 82.7 Å². The minimum Gasteiger partial charge on any atom is -0.456 e. The monoisotopic (exact) mass is 612 g/mol. The van der Waals surface area contributed by atoms with Gasteiger partial charge in [0.15, 0.2) is 0 Å². The zero-order valence-electron chi connectivity index (χ0n) is 26.9. The molecule has 0 spiro atoms. The van der Waals surface area contributed by atoms with E-state index < -0.39 is 0 Å². The lowest BCUT2D eigenvalue weighted by Gasteiger charge is -2.23. The SMILES string of the molecule is CC1(C)c2cc(-c3ccc(-c4ccc5c(c4)-c4cccc6c(-c7ccccc7)ccc(c46)O5)cc3)ccc2-c2cc3ccccc3cc21. The summed E-state index contributed by atoms with van der Waals surface area (Å²) in [6.07, 6.45) is 0. The molecule has 2 aliphatic rings. The fourth-order valence-electron chi connectivity index (χ4n) is 8.14. The highest BCUT2D eigenvalue weighted by Crippen LogP contribution is 2.52. The summed E-state index contributed by atoms with van der Waals surface area (Å²) in [6, 6.07) is 57.6. The molecule has 226 valence electrons. The standard InChI is InChI=1S/C47H32O/c1-47(2)42-28-35(19-21-37(42)40-25-32-11-6-7-12-33(32)27-43(40)47)30-17-15-29(16-18-30)34-20-23-44-41(26-34)39-14-8-13-38-36(31-9-4-3-5-10-31)22-24-45(48-44)46(38)39/h3-28H,1-2H3. The Balaban J connectivity index is 1.01. The molecule has 1 nitrogen and oxygen atoms in total. The molecule has 10 rings (SSSR count). The van der Waals surface area contributed by atoms with E-state index in [4.69, 9.17) is 4.74 Å². The zero-order valence-corrected chi connectivity index (χ0v) is 26.9. The van der Waals surface area contributed by atoms with Crippen molar-refractivity contribution in [2.45, 2.75) is 19.3 Å². The molecule has 0 saturated heterocycles. The largest absolute Gasteiger partial charge is 0.456 e. The fraction of sp³-hybridized carbons (Fsp3) is 0.0638. The second-order valence-electron chi connectivity index (χ2n) is 13.7. The third kappa shape index (κ3) is 3.98. The Labute approximate surface area is 280 Å². The van der Waals surface area contributed by atoms with Crippen LogP contribution in [-0.4, -0.2) is 0 Å². The van der Waals surface area contributed by atoms with Crippen LogP contribution in [0.1, 0.15) is 25.0 Å². The average molecular weight is 613 g/mol. The lowest BCUT2D eigenvalue weighted by molar-refractivity contribution is 0.487. The minimum atomic E-state index is -0.0564. The van der Waals surface area contributed by atoms with E-state index in [0.29, 0.717) is 0 Å². The summed E-state index contributed by atoms with van der Waals surface area (Å²) < 4.78 is 6.51. The number of ether oxygens (including phenoxy) is 1. The van der Waals surface area contributed by atoms with Gasteiger partial charge in [0, 0.05) is 16.4 Å². The summed E-state index contributed by atoms with van der Waals surface area (Å²) in [5.74, 6) is 1.82. The smallest absolute Gasteiger partial charge is 0.135 e. The minimum absolute atomic E-state index is 0.0564. The molecular formula is C47H32O. The molecule has 0 fully saturated rings. The van der Waals surface area contributed by atoms with Gasteiger partial charge in [0.25, 0.3) is 0 Å². The van der Waals surface area contributed by atoms with Crippen molar-refractivity contribution in [2.24, 2.45) is 0 Å². The summed E-state index contributed by atoms with van der Waals surface area (Å²) >= 11 is 0. The van der Waals surface area contributed by atoms with Gasteiger partial charge in [-0.25, -0.2) is 0 Å². The summed E-state index contributed by atoms with van der Waals surface area (Å²) in [7, 11) is 0. The fourth-order valence-corrected chi connectivity index (χ4v) is 8.14. The van der Waals surface area contributed by atoms with Gasteiger partial charge in [-0.3, -0.25) is 0 Å². The Hall–Kier alpha value is -5.92. The first-order valence-corrected chi connectivity index (χ1v) is 16.8. The van der Waals surface area contributed by atoms with Crippen molar-refractivity contribution in [1.82, 2.24) is 0 Å². The predicted octanol–water partition coefficient (Wildman–Crippen LogP) is 13.1. The van der Waals surface area contributed by atoms with Crippen LogP contribution in [0.15, 0.2) is 158 Å². The van der Waals surface area contributed by atoms with Gasteiger partial charge in [0.2, 0.25) is 0 Å². The van der Waals surface area contributed by atoms with Gasteiger partial charge < -0.3 is 4.74 Å². The normalized spacial score (nSPS) is 13.5. The van der Waals surface area contributed by atoms with Crippen LogP contribution >= 0.6 is 0 Å². The molecule has 0 atom stereocenters. The Bertz CT molecular complexity index is 2590.